The van der Waals surface area contributed by atoms with Crippen LogP contribution in [0.25, 0.3) is 0 Å². The Bertz CT molecular complexity index is 373. The summed E-state index contributed by atoms with van der Waals surface area (Å²) in [5, 5.41) is 24.7. The van der Waals surface area contributed by atoms with Crippen LogP contribution in [0, 0.1) is 0 Å². The van der Waals surface area contributed by atoms with Gasteiger partial charge in [0, 0.05) is 0 Å². The second-order valence-corrected chi connectivity index (χ2v) is 3.15. The molecule has 1 atom stereocenters. The Hall–Kier alpha value is -2.28. The maximum absolute atomic E-state index is 10.4. The van der Waals surface area contributed by atoms with Crippen molar-refractivity contribution < 1.29 is 24.9 Å². The lowest BCUT2D eigenvalue weighted by molar-refractivity contribution is -0.138. The van der Waals surface area contributed by atoms with Crippen molar-refractivity contribution >= 4 is 12.1 Å². The van der Waals surface area contributed by atoms with Gasteiger partial charge in [0.05, 0.1) is 0 Å². The molecule has 0 heterocycles. The minimum absolute atomic E-state index is 0.160. The van der Waals surface area contributed by atoms with E-state index < -0.39 is 18.1 Å². The average Bonchev–Trinajstić information content (AvgIpc) is 2.20. The number of primary amides is 1. The van der Waals surface area contributed by atoms with Crippen LogP contribution in [0.2, 0.25) is 0 Å². The molecule has 1 amide bonds. The quantitative estimate of drug-likeness (QED) is 0.502. The molecule has 7 N–H and O–H groups in total. The third kappa shape index (κ3) is 7.63. The largest absolute Gasteiger partial charge is 0.508 e. The molecule has 0 aromatic heterocycles. The summed E-state index contributed by atoms with van der Waals surface area (Å²) in [6, 6.07) is 5.42. The van der Waals surface area contributed by atoms with Crippen LogP contribution < -0.4 is 11.5 Å². The van der Waals surface area contributed by atoms with Gasteiger partial charge in [0.2, 0.25) is 0 Å². The third-order valence-corrected chi connectivity index (χ3v) is 1.71. The topological polar surface area (TPSA) is 147 Å². The van der Waals surface area contributed by atoms with Crippen LogP contribution in [-0.2, 0) is 11.2 Å². The number of hydrogen-bond donors (Lipinski definition) is 5. The summed E-state index contributed by atoms with van der Waals surface area (Å²) in [5.41, 5.74) is 10.2. The van der Waals surface area contributed by atoms with Crippen molar-refractivity contribution in [1.82, 2.24) is 0 Å². The van der Waals surface area contributed by atoms with E-state index in [0.29, 0.717) is 0 Å². The first-order valence-electron chi connectivity index (χ1n) is 4.57. The molecular formula is C10H14N2O5. The number of carbonyl (C=O) groups is 2. The molecule has 94 valence electrons. The van der Waals surface area contributed by atoms with Gasteiger partial charge in [-0.15, -0.1) is 0 Å². The van der Waals surface area contributed by atoms with Crippen LogP contribution >= 0.6 is 0 Å². The van der Waals surface area contributed by atoms with Crippen LogP contribution in [0.3, 0.4) is 0 Å². The zero-order valence-electron chi connectivity index (χ0n) is 8.91. The summed E-state index contributed by atoms with van der Waals surface area (Å²) >= 11 is 0. The fourth-order valence-electron chi connectivity index (χ4n) is 0.973. The van der Waals surface area contributed by atoms with Gasteiger partial charge in [-0.05, 0) is 24.1 Å². The summed E-state index contributed by atoms with van der Waals surface area (Å²) < 4.78 is 0. The van der Waals surface area contributed by atoms with Crippen molar-refractivity contribution in [3.05, 3.63) is 29.8 Å². The van der Waals surface area contributed by atoms with Crippen molar-refractivity contribution in [1.29, 1.82) is 0 Å². The Balaban J connectivity index is 0.000000557. The van der Waals surface area contributed by atoms with E-state index >= 15 is 0 Å². The van der Waals surface area contributed by atoms with E-state index in [1.807, 2.05) is 0 Å². The highest BCUT2D eigenvalue weighted by molar-refractivity contribution is 5.73. The minimum Gasteiger partial charge on any atom is -0.508 e. The Morgan fingerprint density at radius 1 is 1.18 bits per heavy atom. The molecule has 1 unspecified atom stereocenters. The number of phenolic OH excluding ortho intramolecular Hbond substituents is 1. The number of benzene rings is 1. The molecule has 0 aliphatic rings. The van der Waals surface area contributed by atoms with E-state index in [1.54, 1.807) is 12.1 Å². The lowest BCUT2D eigenvalue weighted by Gasteiger charge is -2.05. The highest BCUT2D eigenvalue weighted by Crippen LogP contribution is 2.10. The second-order valence-electron chi connectivity index (χ2n) is 3.15. The van der Waals surface area contributed by atoms with Crippen LogP contribution in [0.1, 0.15) is 5.56 Å². The molecule has 0 saturated carbocycles. The number of rotatable bonds is 3. The number of aliphatic carboxylic acids is 1. The van der Waals surface area contributed by atoms with Gasteiger partial charge in [-0.1, -0.05) is 12.1 Å². The summed E-state index contributed by atoms with van der Waals surface area (Å²) in [7, 11) is 0. The molecule has 1 aromatic rings. The predicted molar refractivity (Wildman–Crippen MR) is 59.6 cm³/mol. The number of nitrogens with two attached hydrogens (primary N) is 2. The monoisotopic (exact) mass is 242 g/mol. The molecule has 0 bridgehead atoms. The Labute approximate surface area is 97.3 Å². The molecule has 0 spiro atoms. The van der Waals surface area contributed by atoms with Gasteiger partial charge in [-0.3, -0.25) is 4.79 Å². The van der Waals surface area contributed by atoms with Crippen molar-refractivity contribution in [2.75, 3.05) is 0 Å². The van der Waals surface area contributed by atoms with E-state index in [1.165, 1.54) is 12.1 Å². The van der Waals surface area contributed by atoms with Crippen LogP contribution in [0.4, 0.5) is 4.79 Å². The molecule has 0 saturated heterocycles. The normalized spacial score (nSPS) is 10.9. The van der Waals surface area contributed by atoms with Gasteiger partial charge in [-0.2, -0.15) is 0 Å². The van der Waals surface area contributed by atoms with Gasteiger partial charge < -0.3 is 26.8 Å². The summed E-state index contributed by atoms with van der Waals surface area (Å²) in [6.45, 7) is 0. The number of hydrogen-bond acceptors (Lipinski definition) is 4. The van der Waals surface area contributed by atoms with E-state index in [2.05, 4.69) is 5.73 Å². The third-order valence-electron chi connectivity index (χ3n) is 1.71. The molecule has 17 heavy (non-hydrogen) atoms. The number of aromatic hydroxyl groups is 1. The highest BCUT2D eigenvalue weighted by atomic mass is 16.4. The minimum atomic E-state index is -1.33. The summed E-state index contributed by atoms with van der Waals surface area (Å²) in [5.74, 6) is -0.860. The van der Waals surface area contributed by atoms with E-state index in [0.717, 1.165) is 5.56 Å². The number of carboxylic acids is 1. The standard InChI is InChI=1S/C9H11NO3.CH3NO2/c10-8(9(12)13)5-6-1-3-7(11)4-2-6;2-1(3)4/h1-4,8,11H,5,10H2,(H,12,13);2H2,(H,3,4). The van der Waals surface area contributed by atoms with Crippen molar-refractivity contribution in [3.8, 4) is 5.75 Å². The molecule has 1 aromatic carbocycles. The van der Waals surface area contributed by atoms with E-state index in [-0.39, 0.29) is 12.2 Å². The molecule has 7 nitrogen and oxygen atoms in total. The highest BCUT2D eigenvalue weighted by Gasteiger charge is 2.11. The van der Waals surface area contributed by atoms with E-state index in [4.69, 9.17) is 25.8 Å². The maximum Gasteiger partial charge on any atom is 0.402 e. The van der Waals surface area contributed by atoms with E-state index in [9.17, 15) is 4.79 Å². The first kappa shape index (κ1) is 14.7. The lowest BCUT2D eigenvalue weighted by Crippen LogP contribution is -2.32. The molecule has 7 heteroatoms. The van der Waals surface area contributed by atoms with Crippen molar-refractivity contribution in [2.24, 2.45) is 11.5 Å². The van der Waals surface area contributed by atoms with Gasteiger partial charge in [0.1, 0.15) is 11.8 Å². The molecule has 0 aliphatic carbocycles. The lowest BCUT2D eigenvalue weighted by atomic mass is 10.1. The van der Waals surface area contributed by atoms with Gasteiger partial charge in [0.15, 0.2) is 0 Å². The number of carboxylic acid groups (broad SMARTS) is 2. The SMILES string of the molecule is NC(=O)O.NC(Cc1ccc(O)cc1)C(=O)O. The molecular weight excluding hydrogens is 228 g/mol. The fourth-order valence-corrected chi connectivity index (χ4v) is 0.973. The predicted octanol–water partition coefficient (Wildman–Crippen LogP) is -0.0303. The summed E-state index contributed by atoms with van der Waals surface area (Å²) in [6.07, 6.45) is -1.06. The number of amides is 1. The first-order chi connectivity index (χ1) is 7.82. The van der Waals surface area contributed by atoms with Crippen LogP contribution in [-0.4, -0.2) is 33.4 Å². The van der Waals surface area contributed by atoms with Gasteiger partial charge in [-0.25, -0.2) is 4.79 Å². The van der Waals surface area contributed by atoms with Crippen LogP contribution in [0.5, 0.6) is 5.75 Å². The van der Waals surface area contributed by atoms with Crippen LogP contribution in [0.15, 0.2) is 24.3 Å². The molecule has 0 radical (unpaired) electrons. The summed E-state index contributed by atoms with van der Waals surface area (Å²) in [4.78, 5) is 19.2. The fraction of sp³-hybridized carbons (Fsp3) is 0.200. The molecule has 0 fully saturated rings. The zero-order valence-corrected chi connectivity index (χ0v) is 8.91. The maximum atomic E-state index is 10.4. The Morgan fingerprint density at radius 3 is 1.94 bits per heavy atom. The zero-order chi connectivity index (χ0) is 13.4. The van der Waals surface area contributed by atoms with Gasteiger partial charge >= 0.3 is 12.1 Å². The second kappa shape index (κ2) is 7.07. The Morgan fingerprint density at radius 2 is 1.59 bits per heavy atom. The smallest absolute Gasteiger partial charge is 0.402 e. The molecule has 1 rings (SSSR count). The van der Waals surface area contributed by atoms with Crippen molar-refractivity contribution in [3.63, 3.8) is 0 Å². The first-order valence-corrected chi connectivity index (χ1v) is 4.57. The van der Waals surface area contributed by atoms with Gasteiger partial charge in [0.25, 0.3) is 0 Å². The average molecular weight is 242 g/mol. The van der Waals surface area contributed by atoms with Crippen molar-refractivity contribution in [2.45, 2.75) is 12.5 Å². The number of phenols is 1. The molecule has 0 aliphatic heterocycles. The Kier molecular flexibility index (Phi) is 6.12.